The zero-order valence-electron chi connectivity index (χ0n) is 17.2. The molecule has 1 atom stereocenters. The first-order valence-corrected chi connectivity index (χ1v) is 10.5. The van der Waals surface area contributed by atoms with Crippen LogP contribution in [-0.4, -0.2) is 46.7 Å². The normalized spacial score (nSPS) is 16.8. The fourth-order valence-electron chi connectivity index (χ4n) is 3.50. The maximum Gasteiger partial charge on any atom is 0.407 e. The van der Waals surface area contributed by atoms with Gasteiger partial charge in [-0.3, -0.25) is 4.79 Å². The second-order valence-electron chi connectivity index (χ2n) is 8.20. The van der Waals surface area contributed by atoms with E-state index in [9.17, 15) is 9.59 Å². The van der Waals surface area contributed by atoms with Crippen molar-refractivity contribution in [2.45, 2.75) is 51.7 Å². The molecule has 10 heteroatoms. The van der Waals surface area contributed by atoms with E-state index in [0.29, 0.717) is 17.9 Å². The molecule has 0 bridgehead atoms. The maximum atomic E-state index is 12.2. The molecular formula is C20H25BrN6O3. The van der Waals surface area contributed by atoms with Crippen molar-refractivity contribution >= 4 is 50.3 Å². The minimum absolute atomic E-state index is 0.0701. The Morgan fingerprint density at radius 3 is 2.93 bits per heavy atom. The highest BCUT2D eigenvalue weighted by Gasteiger charge is 2.27. The van der Waals surface area contributed by atoms with Crippen LogP contribution in [0, 0.1) is 11.3 Å². The molecule has 3 heterocycles. The number of rotatable bonds is 4. The summed E-state index contributed by atoms with van der Waals surface area (Å²) < 4.78 is 6.16. The maximum absolute atomic E-state index is 12.2. The number of piperidine rings is 1. The number of halogens is 1. The van der Waals surface area contributed by atoms with Crippen LogP contribution in [0.5, 0.6) is 0 Å². The average Bonchev–Trinajstić information content (AvgIpc) is 3.03. The molecule has 3 N–H and O–H groups in total. The van der Waals surface area contributed by atoms with E-state index < -0.39 is 11.7 Å². The molecule has 3 rings (SSSR count). The van der Waals surface area contributed by atoms with Gasteiger partial charge in [-0.05, 0) is 49.5 Å². The Labute approximate surface area is 183 Å². The van der Waals surface area contributed by atoms with E-state index in [0.717, 1.165) is 34.9 Å². The molecular weight excluding hydrogens is 452 g/mol. The number of pyridine rings is 1. The van der Waals surface area contributed by atoms with Gasteiger partial charge in [0.25, 0.3) is 0 Å². The number of hydrogen-bond donors (Lipinski definition) is 3. The van der Waals surface area contributed by atoms with Gasteiger partial charge in [-0.2, -0.15) is 5.26 Å². The van der Waals surface area contributed by atoms with Crippen molar-refractivity contribution in [3.63, 3.8) is 0 Å². The van der Waals surface area contributed by atoms with Gasteiger partial charge in [0.05, 0.1) is 27.3 Å². The summed E-state index contributed by atoms with van der Waals surface area (Å²) in [5.74, 6) is -0.382. The Morgan fingerprint density at radius 2 is 2.23 bits per heavy atom. The fourth-order valence-corrected chi connectivity index (χ4v) is 4.05. The molecule has 1 aliphatic heterocycles. The van der Waals surface area contributed by atoms with Crippen LogP contribution in [0.4, 0.5) is 16.2 Å². The monoisotopic (exact) mass is 476 g/mol. The van der Waals surface area contributed by atoms with Crippen LogP contribution in [0.3, 0.4) is 0 Å². The number of carbonyl (C=O) groups excluding carboxylic acids is 2. The molecule has 2 aromatic heterocycles. The van der Waals surface area contributed by atoms with E-state index in [1.54, 1.807) is 12.4 Å². The van der Waals surface area contributed by atoms with Gasteiger partial charge in [-0.15, -0.1) is 0 Å². The number of nitrogens with zero attached hydrogens (tertiary/aromatic N) is 3. The zero-order valence-corrected chi connectivity index (χ0v) is 18.8. The van der Waals surface area contributed by atoms with Gasteiger partial charge >= 0.3 is 6.09 Å². The third-order valence-electron chi connectivity index (χ3n) is 4.60. The standard InChI is InChI=1S/C20H25BrN6O3/c1-20(2,3)30-19(29)25-12-5-4-8-27(11-12)17-13(21)9-23-18-16(17)14(10-24-18)26-15(28)6-7-22/h9-10,12H,4-6,8,11H2,1-3H3,(H,23,24)(H,25,29)(H,26,28)/t12-/m1/s1. The van der Waals surface area contributed by atoms with Crippen LogP contribution in [0.15, 0.2) is 16.9 Å². The summed E-state index contributed by atoms with van der Waals surface area (Å²) in [6.07, 6.45) is 4.45. The van der Waals surface area contributed by atoms with E-state index in [1.807, 2.05) is 26.8 Å². The number of aromatic amines is 1. The lowest BCUT2D eigenvalue weighted by molar-refractivity contribution is -0.115. The van der Waals surface area contributed by atoms with Crippen LogP contribution < -0.4 is 15.5 Å². The zero-order chi connectivity index (χ0) is 21.9. The van der Waals surface area contributed by atoms with Crippen molar-refractivity contribution in [2.24, 2.45) is 0 Å². The van der Waals surface area contributed by atoms with Gasteiger partial charge < -0.3 is 25.3 Å². The second kappa shape index (κ2) is 8.92. The van der Waals surface area contributed by atoms with Gasteiger partial charge in [0.15, 0.2) is 0 Å². The van der Waals surface area contributed by atoms with Gasteiger partial charge in [0.1, 0.15) is 17.7 Å². The summed E-state index contributed by atoms with van der Waals surface area (Å²) in [7, 11) is 0. The topological polar surface area (TPSA) is 123 Å². The van der Waals surface area contributed by atoms with E-state index in [1.165, 1.54) is 0 Å². The Kier molecular flexibility index (Phi) is 6.51. The highest BCUT2D eigenvalue weighted by Crippen LogP contribution is 2.39. The smallest absolute Gasteiger partial charge is 0.407 e. The average molecular weight is 477 g/mol. The van der Waals surface area contributed by atoms with Crippen LogP contribution in [0.25, 0.3) is 11.0 Å². The number of nitrogens with one attached hydrogen (secondary N) is 3. The lowest BCUT2D eigenvalue weighted by atomic mass is 10.0. The molecule has 30 heavy (non-hydrogen) atoms. The number of anilines is 2. The van der Waals surface area contributed by atoms with Crippen LogP contribution in [0.1, 0.15) is 40.0 Å². The molecule has 0 unspecified atom stereocenters. The third kappa shape index (κ3) is 5.21. The summed E-state index contributed by atoms with van der Waals surface area (Å²) in [5.41, 5.74) is 1.52. The van der Waals surface area contributed by atoms with Crippen LogP contribution in [0.2, 0.25) is 0 Å². The van der Waals surface area contributed by atoms with Crippen molar-refractivity contribution in [3.8, 4) is 6.07 Å². The van der Waals surface area contributed by atoms with Gasteiger partial charge in [-0.1, -0.05) is 0 Å². The Morgan fingerprint density at radius 1 is 1.47 bits per heavy atom. The molecule has 1 saturated heterocycles. The number of nitriles is 1. The molecule has 0 saturated carbocycles. The van der Waals surface area contributed by atoms with Gasteiger partial charge in [0.2, 0.25) is 5.91 Å². The first-order valence-electron chi connectivity index (χ1n) is 9.75. The molecule has 0 aliphatic carbocycles. The molecule has 0 spiro atoms. The van der Waals surface area contributed by atoms with E-state index >= 15 is 0 Å². The predicted molar refractivity (Wildman–Crippen MR) is 117 cm³/mol. The Balaban J connectivity index is 1.85. The summed E-state index contributed by atoms with van der Waals surface area (Å²) in [6, 6.07) is 1.78. The number of alkyl carbamates (subject to hydrolysis) is 1. The molecule has 1 fully saturated rings. The molecule has 9 nitrogen and oxygen atoms in total. The number of hydrogen-bond acceptors (Lipinski definition) is 6. The summed E-state index contributed by atoms with van der Waals surface area (Å²) in [4.78, 5) is 33.8. The van der Waals surface area contributed by atoms with Crippen molar-refractivity contribution in [2.75, 3.05) is 23.3 Å². The summed E-state index contributed by atoms with van der Waals surface area (Å²) in [6.45, 7) is 6.88. The number of amides is 2. The first kappa shape index (κ1) is 21.9. The van der Waals surface area contributed by atoms with Crippen molar-refractivity contribution < 1.29 is 14.3 Å². The van der Waals surface area contributed by atoms with E-state index in [4.69, 9.17) is 10.00 Å². The number of aromatic nitrogens is 2. The molecule has 1 aliphatic rings. The minimum atomic E-state index is -0.555. The highest BCUT2D eigenvalue weighted by atomic mass is 79.9. The summed E-state index contributed by atoms with van der Waals surface area (Å²) in [5, 5.41) is 15.2. The Bertz CT molecular complexity index is 991. The van der Waals surface area contributed by atoms with Gasteiger partial charge in [-0.25, -0.2) is 9.78 Å². The molecule has 0 aromatic carbocycles. The Hall–Kier alpha value is -2.80. The van der Waals surface area contributed by atoms with Gasteiger partial charge in [0, 0.05) is 31.5 Å². The van der Waals surface area contributed by atoms with Crippen molar-refractivity contribution in [3.05, 3.63) is 16.9 Å². The van der Waals surface area contributed by atoms with E-state index in [2.05, 4.69) is 41.4 Å². The number of ether oxygens (including phenoxy) is 1. The fraction of sp³-hybridized carbons (Fsp3) is 0.500. The van der Waals surface area contributed by atoms with Crippen molar-refractivity contribution in [1.29, 1.82) is 5.26 Å². The lowest BCUT2D eigenvalue weighted by Gasteiger charge is -2.36. The van der Waals surface area contributed by atoms with E-state index in [-0.39, 0.29) is 18.4 Å². The second-order valence-corrected chi connectivity index (χ2v) is 9.05. The number of carbonyl (C=O) groups is 2. The molecule has 0 radical (unpaired) electrons. The summed E-state index contributed by atoms with van der Waals surface area (Å²) >= 11 is 3.58. The SMILES string of the molecule is CC(C)(C)OC(=O)N[C@@H]1CCCN(c2c(Br)cnc3[nH]cc(NC(=O)CC#N)c23)C1. The quantitative estimate of drug-likeness (QED) is 0.618. The first-order chi connectivity index (χ1) is 14.2. The number of fused-ring (bicyclic) bond motifs is 1. The van der Waals surface area contributed by atoms with Crippen LogP contribution >= 0.6 is 15.9 Å². The highest BCUT2D eigenvalue weighted by molar-refractivity contribution is 9.10. The number of H-pyrrole nitrogens is 1. The lowest BCUT2D eigenvalue weighted by Crippen LogP contribution is -2.49. The molecule has 2 aromatic rings. The minimum Gasteiger partial charge on any atom is -0.444 e. The van der Waals surface area contributed by atoms with Crippen LogP contribution in [-0.2, 0) is 9.53 Å². The molecule has 2 amide bonds. The third-order valence-corrected chi connectivity index (χ3v) is 5.18. The predicted octanol–water partition coefficient (Wildman–Crippen LogP) is 3.67. The molecule has 160 valence electrons. The van der Waals surface area contributed by atoms with Crippen molar-refractivity contribution in [1.82, 2.24) is 15.3 Å². The largest absolute Gasteiger partial charge is 0.444 e.